The first-order valence-electron chi connectivity index (χ1n) is 15.2. The maximum absolute atomic E-state index is 13.4. The molecule has 0 bridgehead atoms. The minimum atomic E-state index is -4.97. The molecule has 1 amide bonds. The fraction of sp³-hybridized carbons (Fsp3) is 0.594. The van der Waals surface area contributed by atoms with Crippen molar-refractivity contribution >= 4 is 29.1 Å². The topological polar surface area (TPSA) is 26.8 Å². The van der Waals surface area contributed by atoms with Crippen molar-refractivity contribution in [3.05, 3.63) is 68.7 Å². The van der Waals surface area contributed by atoms with E-state index in [1.807, 2.05) is 6.07 Å². The van der Waals surface area contributed by atoms with Gasteiger partial charge in [-0.15, -0.1) is 0 Å². The fourth-order valence-electron chi connectivity index (χ4n) is 7.07. The summed E-state index contributed by atoms with van der Waals surface area (Å²) in [6.07, 6.45) is -2.75. The summed E-state index contributed by atoms with van der Waals surface area (Å²) in [5, 5.41) is 0.790. The lowest BCUT2D eigenvalue weighted by molar-refractivity contribution is -0.143. The van der Waals surface area contributed by atoms with E-state index in [1.54, 1.807) is 17.0 Å². The van der Waals surface area contributed by atoms with Gasteiger partial charge in [0.15, 0.2) is 0 Å². The Kier molecular flexibility index (Phi) is 10.1. The number of carbonyl (C=O) groups is 1. The van der Waals surface area contributed by atoms with E-state index in [2.05, 4.69) is 9.80 Å². The van der Waals surface area contributed by atoms with Crippen LogP contribution in [0, 0.1) is 0 Å². The molecule has 1 atom stereocenters. The number of alkyl halides is 6. The van der Waals surface area contributed by atoms with Crippen molar-refractivity contribution in [3.63, 3.8) is 0 Å². The van der Waals surface area contributed by atoms with Gasteiger partial charge in [0.2, 0.25) is 5.91 Å². The lowest BCUT2D eigenvalue weighted by Gasteiger charge is -2.42. The number of hydrogen-bond acceptors (Lipinski definition) is 3. The summed E-state index contributed by atoms with van der Waals surface area (Å²) in [7, 11) is 0. The summed E-state index contributed by atoms with van der Waals surface area (Å²) < 4.78 is 80.3. The van der Waals surface area contributed by atoms with Crippen molar-refractivity contribution in [2.24, 2.45) is 0 Å². The highest BCUT2D eigenvalue weighted by Gasteiger charge is 2.42. The summed E-state index contributed by atoms with van der Waals surface area (Å²) in [6, 6.07) is 7.42. The zero-order valence-electron chi connectivity index (χ0n) is 24.4. The Morgan fingerprint density at radius 2 is 1.45 bits per heavy atom. The van der Waals surface area contributed by atoms with E-state index in [-0.39, 0.29) is 18.2 Å². The van der Waals surface area contributed by atoms with Crippen LogP contribution in [0.5, 0.6) is 0 Å². The highest BCUT2D eigenvalue weighted by molar-refractivity contribution is 6.42. The first-order chi connectivity index (χ1) is 20.7. The van der Waals surface area contributed by atoms with Gasteiger partial charge in [0.05, 0.1) is 27.6 Å². The van der Waals surface area contributed by atoms with Crippen LogP contribution in [-0.4, -0.2) is 72.5 Å². The molecule has 1 aliphatic carbocycles. The predicted octanol–water partition coefficient (Wildman–Crippen LogP) is 8.08. The van der Waals surface area contributed by atoms with Crippen molar-refractivity contribution < 1.29 is 31.1 Å². The summed E-state index contributed by atoms with van der Waals surface area (Å²) in [5.74, 6) is -0.513. The Bertz CT molecular complexity index is 1290. The van der Waals surface area contributed by atoms with Crippen molar-refractivity contribution in [1.82, 2.24) is 14.7 Å². The molecule has 4 nitrogen and oxygen atoms in total. The van der Waals surface area contributed by atoms with Gasteiger partial charge in [-0.1, -0.05) is 48.5 Å². The van der Waals surface area contributed by atoms with Gasteiger partial charge < -0.3 is 9.80 Å². The fourth-order valence-corrected chi connectivity index (χ4v) is 7.37. The number of amides is 1. The van der Waals surface area contributed by atoms with E-state index in [0.29, 0.717) is 41.2 Å². The second-order valence-corrected chi connectivity index (χ2v) is 13.3. The quantitative estimate of drug-likeness (QED) is 0.280. The van der Waals surface area contributed by atoms with Crippen molar-refractivity contribution in [1.29, 1.82) is 0 Å². The van der Waals surface area contributed by atoms with Crippen LogP contribution in [0.3, 0.4) is 0 Å². The summed E-state index contributed by atoms with van der Waals surface area (Å²) in [4.78, 5) is 20.0. The standard InChI is InChI=1S/C32H37Cl2F6N3O/c33-27-7-6-23(20-28(27)34)30(8-10-41-12-14-42(15-13-41)26-4-2-1-3-5-26)9-11-43(21-30)29(44)18-22-16-24(31(35,36)37)19-25(17-22)32(38,39)40/h6-7,16-17,19-20,26H,1-5,8-15,18,21H2/t30-/m1/s1. The maximum Gasteiger partial charge on any atom is 0.416 e. The molecule has 242 valence electrons. The van der Waals surface area contributed by atoms with E-state index in [0.717, 1.165) is 44.7 Å². The normalized spacial score (nSPS) is 23.0. The Balaban J connectivity index is 1.29. The van der Waals surface area contributed by atoms with Gasteiger partial charge in [-0.25, -0.2) is 0 Å². The van der Waals surface area contributed by atoms with Crippen LogP contribution < -0.4 is 0 Å². The van der Waals surface area contributed by atoms with E-state index >= 15 is 0 Å². The van der Waals surface area contributed by atoms with Crippen LogP contribution in [0.1, 0.15) is 67.2 Å². The Morgan fingerprint density at radius 1 is 0.818 bits per heavy atom. The Labute approximate surface area is 264 Å². The SMILES string of the molecule is O=C(Cc1cc(C(F)(F)F)cc(C(F)(F)F)c1)N1CC[C@@](CCN2CCN(C3CCCCC3)CC2)(c2ccc(Cl)c(Cl)c2)C1. The maximum atomic E-state index is 13.4. The van der Waals surface area contributed by atoms with E-state index in [1.165, 1.54) is 32.1 Å². The number of likely N-dealkylation sites (tertiary alicyclic amines) is 1. The summed E-state index contributed by atoms with van der Waals surface area (Å²) >= 11 is 12.6. The van der Waals surface area contributed by atoms with Crippen LogP contribution >= 0.6 is 23.2 Å². The van der Waals surface area contributed by atoms with Crippen LogP contribution in [0.25, 0.3) is 0 Å². The highest BCUT2D eigenvalue weighted by atomic mass is 35.5. The van der Waals surface area contributed by atoms with E-state index in [9.17, 15) is 31.1 Å². The molecule has 0 spiro atoms. The molecule has 0 radical (unpaired) electrons. The summed E-state index contributed by atoms with van der Waals surface area (Å²) in [6.45, 7) is 5.36. The minimum Gasteiger partial charge on any atom is -0.341 e. The van der Waals surface area contributed by atoms with Crippen LogP contribution in [0.4, 0.5) is 26.3 Å². The van der Waals surface area contributed by atoms with E-state index < -0.39 is 41.2 Å². The smallest absolute Gasteiger partial charge is 0.341 e. The van der Waals surface area contributed by atoms with Gasteiger partial charge in [-0.2, -0.15) is 26.3 Å². The zero-order valence-corrected chi connectivity index (χ0v) is 25.9. The molecule has 2 saturated heterocycles. The monoisotopic (exact) mass is 663 g/mol. The van der Waals surface area contributed by atoms with Gasteiger partial charge in [0.25, 0.3) is 0 Å². The first-order valence-corrected chi connectivity index (χ1v) is 16.0. The second-order valence-electron chi connectivity index (χ2n) is 12.5. The molecule has 2 aromatic rings. The molecule has 3 fully saturated rings. The molecule has 12 heteroatoms. The van der Waals surface area contributed by atoms with Gasteiger partial charge in [-0.05, 0) is 73.7 Å². The van der Waals surface area contributed by atoms with E-state index in [4.69, 9.17) is 23.2 Å². The van der Waals surface area contributed by atoms with Gasteiger partial charge in [-0.3, -0.25) is 9.69 Å². The molecular formula is C32H37Cl2F6N3O. The molecule has 0 N–H and O–H groups in total. The Hall–Kier alpha value is -2.01. The first kappa shape index (κ1) is 33.4. The molecule has 2 aromatic carbocycles. The van der Waals surface area contributed by atoms with Crippen LogP contribution in [0.2, 0.25) is 10.0 Å². The van der Waals surface area contributed by atoms with Crippen molar-refractivity contribution in [2.45, 2.75) is 75.2 Å². The minimum absolute atomic E-state index is 0.0775. The number of carbonyl (C=O) groups excluding carboxylic acids is 1. The number of piperazine rings is 1. The molecule has 44 heavy (non-hydrogen) atoms. The van der Waals surface area contributed by atoms with Crippen LogP contribution in [-0.2, 0) is 29.0 Å². The number of rotatable bonds is 7. The second kappa shape index (κ2) is 13.4. The molecule has 5 rings (SSSR count). The lowest BCUT2D eigenvalue weighted by atomic mass is 9.76. The average molecular weight is 665 g/mol. The van der Waals surface area contributed by atoms with Gasteiger partial charge >= 0.3 is 12.4 Å². The Morgan fingerprint density at radius 3 is 2.05 bits per heavy atom. The number of halogens is 8. The molecule has 2 heterocycles. The van der Waals surface area contributed by atoms with Crippen molar-refractivity contribution in [2.75, 3.05) is 45.8 Å². The largest absolute Gasteiger partial charge is 0.416 e. The summed E-state index contributed by atoms with van der Waals surface area (Å²) in [5.41, 5.74) is -2.73. The third kappa shape index (κ3) is 7.85. The van der Waals surface area contributed by atoms with Crippen molar-refractivity contribution in [3.8, 4) is 0 Å². The number of benzene rings is 2. The molecule has 0 aromatic heterocycles. The molecule has 2 aliphatic heterocycles. The molecule has 0 unspecified atom stereocenters. The van der Waals surface area contributed by atoms with Gasteiger partial charge in [0.1, 0.15) is 0 Å². The van der Waals surface area contributed by atoms with Gasteiger partial charge in [0, 0.05) is 50.7 Å². The molecule has 3 aliphatic rings. The third-order valence-electron chi connectivity index (χ3n) is 9.65. The molecular weight excluding hydrogens is 627 g/mol. The third-order valence-corrected chi connectivity index (χ3v) is 10.4. The average Bonchev–Trinajstić information content (AvgIpc) is 3.43. The van der Waals surface area contributed by atoms with Crippen LogP contribution in [0.15, 0.2) is 36.4 Å². The number of nitrogens with zero attached hydrogens (tertiary/aromatic N) is 3. The molecule has 1 saturated carbocycles. The number of hydrogen-bond donors (Lipinski definition) is 0. The highest BCUT2D eigenvalue weighted by Crippen LogP contribution is 2.41. The lowest BCUT2D eigenvalue weighted by Crippen LogP contribution is -2.51. The zero-order chi connectivity index (χ0) is 31.7. The predicted molar refractivity (Wildman–Crippen MR) is 159 cm³/mol.